The average molecular weight is 367 g/mol. The third-order valence-electron chi connectivity index (χ3n) is 3.96. The molecule has 142 valence electrons. The second-order valence-electron chi connectivity index (χ2n) is 6.33. The van der Waals surface area contributed by atoms with E-state index in [0.29, 0.717) is 12.4 Å². The smallest absolute Gasteiger partial charge is 0.329 e. The van der Waals surface area contributed by atoms with Gasteiger partial charge >= 0.3 is 11.8 Å². The number of hydrogen-bond acceptors (Lipinski definition) is 4. The highest BCUT2D eigenvalue weighted by Crippen LogP contribution is 2.14. The standard InChI is InChI=1S/C21H25N3O3/c1-4-16(3)23-20(25)21(26)24-22-13-18-6-5-7-19(12-18)27-14-17-10-8-15(2)9-11-17/h5-13,16H,4,14H2,1-3H3,(H,23,25)(H,24,26)/b22-13-/t16-/m1/s1. The topological polar surface area (TPSA) is 79.8 Å². The fourth-order valence-corrected chi connectivity index (χ4v) is 2.14. The molecule has 2 rings (SSSR count). The third-order valence-corrected chi connectivity index (χ3v) is 3.96. The highest BCUT2D eigenvalue weighted by atomic mass is 16.5. The van der Waals surface area contributed by atoms with E-state index in [1.165, 1.54) is 11.8 Å². The summed E-state index contributed by atoms with van der Waals surface area (Å²) in [7, 11) is 0. The summed E-state index contributed by atoms with van der Waals surface area (Å²) in [4.78, 5) is 23.3. The fraction of sp³-hybridized carbons (Fsp3) is 0.286. The van der Waals surface area contributed by atoms with Crippen LogP contribution < -0.4 is 15.5 Å². The van der Waals surface area contributed by atoms with Crippen LogP contribution >= 0.6 is 0 Å². The Morgan fingerprint density at radius 3 is 2.59 bits per heavy atom. The highest BCUT2D eigenvalue weighted by molar-refractivity contribution is 6.35. The van der Waals surface area contributed by atoms with Crippen molar-refractivity contribution in [2.24, 2.45) is 5.10 Å². The lowest BCUT2D eigenvalue weighted by Crippen LogP contribution is -2.41. The number of hydrazone groups is 1. The number of ether oxygens (including phenoxy) is 1. The van der Waals surface area contributed by atoms with Gasteiger partial charge in [-0.05, 0) is 43.5 Å². The minimum atomic E-state index is -0.793. The summed E-state index contributed by atoms with van der Waals surface area (Å²) < 4.78 is 5.78. The van der Waals surface area contributed by atoms with Gasteiger partial charge in [-0.2, -0.15) is 5.10 Å². The van der Waals surface area contributed by atoms with E-state index in [0.717, 1.165) is 17.5 Å². The molecule has 6 nitrogen and oxygen atoms in total. The lowest BCUT2D eigenvalue weighted by molar-refractivity contribution is -0.139. The molecular weight excluding hydrogens is 342 g/mol. The molecule has 0 fully saturated rings. The number of benzene rings is 2. The predicted molar refractivity (Wildman–Crippen MR) is 106 cm³/mol. The van der Waals surface area contributed by atoms with Gasteiger partial charge in [0.2, 0.25) is 0 Å². The van der Waals surface area contributed by atoms with E-state index in [2.05, 4.69) is 15.8 Å². The van der Waals surface area contributed by atoms with E-state index in [9.17, 15) is 9.59 Å². The Labute approximate surface area is 159 Å². The number of rotatable bonds is 7. The zero-order chi connectivity index (χ0) is 19.6. The SMILES string of the molecule is CC[C@@H](C)NC(=O)C(=O)N/N=C\c1cccc(OCc2ccc(C)cc2)c1. The first-order chi connectivity index (χ1) is 13.0. The molecule has 0 aliphatic carbocycles. The van der Waals surface area contributed by atoms with Crippen LogP contribution in [-0.2, 0) is 16.2 Å². The number of nitrogens with one attached hydrogen (secondary N) is 2. The minimum absolute atomic E-state index is 0.0606. The monoisotopic (exact) mass is 367 g/mol. The van der Waals surface area contributed by atoms with E-state index in [1.54, 1.807) is 0 Å². The summed E-state index contributed by atoms with van der Waals surface area (Å²) in [6.07, 6.45) is 2.21. The van der Waals surface area contributed by atoms with Crippen molar-refractivity contribution in [3.63, 3.8) is 0 Å². The maximum absolute atomic E-state index is 11.7. The van der Waals surface area contributed by atoms with Crippen LogP contribution in [0.25, 0.3) is 0 Å². The van der Waals surface area contributed by atoms with Gasteiger partial charge in [-0.3, -0.25) is 9.59 Å². The van der Waals surface area contributed by atoms with E-state index in [-0.39, 0.29) is 6.04 Å². The van der Waals surface area contributed by atoms with E-state index < -0.39 is 11.8 Å². The Kier molecular flexibility index (Phi) is 7.55. The van der Waals surface area contributed by atoms with Crippen LogP contribution in [0.3, 0.4) is 0 Å². The Bertz CT molecular complexity index is 801. The molecule has 0 spiro atoms. The normalized spacial score (nSPS) is 11.8. The molecule has 0 aliphatic rings. The lowest BCUT2D eigenvalue weighted by atomic mass is 10.2. The van der Waals surface area contributed by atoms with Gasteiger partial charge in [-0.1, -0.05) is 48.9 Å². The van der Waals surface area contributed by atoms with Gasteiger partial charge in [-0.25, -0.2) is 5.43 Å². The maximum atomic E-state index is 11.7. The van der Waals surface area contributed by atoms with Crippen molar-refractivity contribution in [3.05, 3.63) is 65.2 Å². The molecule has 2 aromatic carbocycles. The summed E-state index contributed by atoms with van der Waals surface area (Å²) >= 11 is 0. The van der Waals surface area contributed by atoms with Gasteiger partial charge in [0.15, 0.2) is 0 Å². The van der Waals surface area contributed by atoms with Gasteiger partial charge in [0.05, 0.1) is 6.21 Å². The van der Waals surface area contributed by atoms with Gasteiger partial charge in [0.1, 0.15) is 12.4 Å². The van der Waals surface area contributed by atoms with Gasteiger partial charge in [0, 0.05) is 6.04 Å². The van der Waals surface area contributed by atoms with Crippen LogP contribution in [0, 0.1) is 6.92 Å². The largest absolute Gasteiger partial charge is 0.489 e. The molecule has 0 saturated heterocycles. The quantitative estimate of drug-likeness (QED) is 0.449. The Hall–Kier alpha value is -3.15. The molecular formula is C21H25N3O3. The van der Waals surface area contributed by atoms with Gasteiger partial charge in [0.25, 0.3) is 0 Å². The van der Waals surface area contributed by atoms with Crippen molar-refractivity contribution in [3.8, 4) is 5.75 Å². The van der Waals surface area contributed by atoms with E-state index >= 15 is 0 Å². The molecule has 0 aliphatic heterocycles. The van der Waals surface area contributed by atoms with Crippen LogP contribution in [0.2, 0.25) is 0 Å². The number of amides is 2. The predicted octanol–water partition coefficient (Wildman–Crippen LogP) is 2.94. The molecule has 1 atom stereocenters. The van der Waals surface area contributed by atoms with Crippen molar-refractivity contribution in [2.45, 2.75) is 39.8 Å². The molecule has 0 radical (unpaired) electrons. The molecule has 0 saturated carbocycles. The Balaban J connectivity index is 1.87. The highest BCUT2D eigenvalue weighted by Gasteiger charge is 2.14. The van der Waals surface area contributed by atoms with Gasteiger partial charge in [-0.15, -0.1) is 0 Å². The first kappa shape index (κ1) is 20.2. The summed E-state index contributed by atoms with van der Waals surface area (Å²) in [5.41, 5.74) is 5.26. The number of nitrogens with zero attached hydrogens (tertiary/aromatic N) is 1. The zero-order valence-corrected chi connectivity index (χ0v) is 15.9. The summed E-state index contributed by atoms with van der Waals surface area (Å²) in [6.45, 7) is 6.26. The summed E-state index contributed by atoms with van der Waals surface area (Å²) in [6, 6.07) is 15.4. The Morgan fingerprint density at radius 1 is 1.15 bits per heavy atom. The third kappa shape index (κ3) is 6.93. The first-order valence-electron chi connectivity index (χ1n) is 8.90. The van der Waals surface area contributed by atoms with Crippen molar-refractivity contribution in [1.29, 1.82) is 0 Å². The van der Waals surface area contributed by atoms with Crippen LogP contribution in [0.4, 0.5) is 0 Å². The van der Waals surface area contributed by atoms with E-state index in [4.69, 9.17) is 4.74 Å². The summed E-state index contributed by atoms with van der Waals surface area (Å²) in [5, 5.41) is 6.40. The summed E-state index contributed by atoms with van der Waals surface area (Å²) in [5.74, 6) is -0.796. The molecule has 0 unspecified atom stereocenters. The van der Waals surface area contributed by atoms with Crippen molar-refractivity contribution in [2.75, 3.05) is 0 Å². The molecule has 2 N–H and O–H groups in total. The molecule has 2 aromatic rings. The molecule has 0 heterocycles. The number of carbonyl (C=O) groups is 2. The Morgan fingerprint density at radius 2 is 1.89 bits per heavy atom. The van der Waals surface area contributed by atoms with Crippen molar-refractivity contribution >= 4 is 18.0 Å². The van der Waals surface area contributed by atoms with Crippen LogP contribution in [0.5, 0.6) is 5.75 Å². The van der Waals surface area contributed by atoms with Gasteiger partial charge < -0.3 is 10.1 Å². The molecule has 0 aromatic heterocycles. The molecule has 27 heavy (non-hydrogen) atoms. The second kappa shape index (κ2) is 10.1. The second-order valence-corrected chi connectivity index (χ2v) is 6.33. The minimum Gasteiger partial charge on any atom is -0.489 e. The number of carbonyl (C=O) groups excluding carboxylic acids is 2. The average Bonchev–Trinajstić information content (AvgIpc) is 2.67. The first-order valence-corrected chi connectivity index (χ1v) is 8.90. The number of aryl methyl sites for hydroxylation is 1. The maximum Gasteiger partial charge on any atom is 0.329 e. The molecule has 2 amide bonds. The van der Waals surface area contributed by atoms with E-state index in [1.807, 2.05) is 69.3 Å². The molecule has 0 bridgehead atoms. The number of hydrogen-bond donors (Lipinski definition) is 2. The lowest BCUT2D eigenvalue weighted by Gasteiger charge is -2.09. The molecule has 6 heteroatoms. The van der Waals surface area contributed by atoms with Crippen molar-refractivity contribution < 1.29 is 14.3 Å². The van der Waals surface area contributed by atoms with Crippen LogP contribution in [0.15, 0.2) is 53.6 Å². The fourth-order valence-electron chi connectivity index (χ4n) is 2.14. The van der Waals surface area contributed by atoms with Crippen molar-refractivity contribution in [1.82, 2.24) is 10.7 Å². The van der Waals surface area contributed by atoms with Crippen LogP contribution in [0.1, 0.15) is 37.0 Å². The van der Waals surface area contributed by atoms with Crippen LogP contribution in [-0.4, -0.2) is 24.1 Å². The zero-order valence-electron chi connectivity index (χ0n) is 15.9.